The van der Waals surface area contributed by atoms with E-state index in [1.54, 1.807) is 6.07 Å². The number of hydrogen-bond donors (Lipinski definition) is 1. The molecule has 0 amide bonds. The van der Waals surface area contributed by atoms with Crippen molar-refractivity contribution in [2.75, 3.05) is 0 Å². The number of benzene rings is 1. The van der Waals surface area contributed by atoms with Crippen LogP contribution >= 0.6 is 0 Å². The summed E-state index contributed by atoms with van der Waals surface area (Å²) in [6.07, 6.45) is -4.39. The van der Waals surface area contributed by atoms with E-state index in [2.05, 4.69) is 0 Å². The largest absolute Gasteiger partial charge is 0.543 e. The Labute approximate surface area is 119 Å². The van der Waals surface area contributed by atoms with Crippen LogP contribution < -0.4 is 10.2 Å². The number of halogens is 3. The molecule has 114 valence electrons. The first kappa shape index (κ1) is 17.0. The SMILES string of the molecule is CC(C)(C)[Si](C)(C)Oc1cc(CN)cc(C(F)(F)F)c1. The van der Waals surface area contributed by atoms with Crippen LogP contribution in [0, 0.1) is 0 Å². The Morgan fingerprint density at radius 1 is 1.10 bits per heavy atom. The topological polar surface area (TPSA) is 35.2 Å². The minimum atomic E-state index is -4.39. The van der Waals surface area contributed by atoms with Gasteiger partial charge in [-0.05, 0) is 41.9 Å². The summed E-state index contributed by atoms with van der Waals surface area (Å²) < 4.78 is 44.5. The van der Waals surface area contributed by atoms with E-state index in [1.165, 1.54) is 0 Å². The third kappa shape index (κ3) is 3.99. The fraction of sp³-hybridized carbons (Fsp3) is 0.571. The van der Waals surface area contributed by atoms with Crippen LogP contribution in [0.15, 0.2) is 18.2 Å². The molecule has 0 heterocycles. The predicted octanol–water partition coefficient (Wildman–Crippen LogP) is 4.55. The first-order chi connectivity index (χ1) is 8.87. The second-order valence-electron chi connectivity index (χ2n) is 6.43. The van der Waals surface area contributed by atoms with Gasteiger partial charge in [-0.25, -0.2) is 0 Å². The van der Waals surface area contributed by atoms with E-state index >= 15 is 0 Å². The van der Waals surface area contributed by atoms with Crippen molar-refractivity contribution in [3.8, 4) is 5.75 Å². The Kier molecular flexibility index (Phi) is 4.61. The van der Waals surface area contributed by atoms with Crippen molar-refractivity contribution in [2.24, 2.45) is 5.73 Å². The minimum Gasteiger partial charge on any atom is -0.543 e. The van der Waals surface area contributed by atoms with Gasteiger partial charge < -0.3 is 10.2 Å². The van der Waals surface area contributed by atoms with Gasteiger partial charge in [0.05, 0.1) is 5.56 Å². The van der Waals surface area contributed by atoms with Crippen LogP contribution in [0.25, 0.3) is 0 Å². The van der Waals surface area contributed by atoms with Gasteiger partial charge in [-0.1, -0.05) is 20.8 Å². The van der Waals surface area contributed by atoms with Crippen LogP contribution in [0.5, 0.6) is 5.75 Å². The van der Waals surface area contributed by atoms with Crippen molar-refractivity contribution in [1.82, 2.24) is 0 Å². The molecule has 0 aliphatic heterocycles. The van der Waals surface area contributed by atoms with Crippen LogP contribution in [0.1, 0.15) is 31.9 Å². The van der Waals surface area contributed by atoms with Crippen LogP contribution in [0.2, 0.25) is 18.1 Å². The van der Waals surface area contributed by atoms with Crippen molar-refractivity contribution in [2.45, 2.75) is 51.6 Å². The van der Waals surface area contributed by atoms with Gasteiger partial charge in [0.25, 0.3) is 0 Å². The Bertz CT molecular complexity index is 478. The summed E-state index contributed by atoms with van der Waals surface area (Å²) in [6, 6.07) is 3.72. The molecular formula is C14H22F3NOSi. The van der Waals surface area contributed by atoms with E-state index in [0.29, 0.717) is 5.56 Å². The van der Waals surface area contributed by atoms with Crippen LogP contribution in [0.4, 0.5) is 13.2 Å². The lowest BCUT2D eigenvalue weighted by Gasteiger charge is -2.36. The predicted molar refractivity (Wildman–Crippen MR) is 77.2 cm³/mol. The van der Waals surface area contributed by atoms with Gasteiger partial charge in [-0.2, -0.15) is 13.2 Å². The van der Waals surface area contributed by atoms with E-state index in [9.17, 15) is 13.2 Å². The first-order valence-electron chi connectivity index (χ1n) is 6.47. The van der Waals surface area contributed by atoms with Crippen molar-refractivity contribution in [1.29, 1.82) is 0 Å². The standard InChI is InChI=1S/C14H22F3NOSi/c1-13(2,3)20(4,5)19-12-7-10(9-18)6-11(8-12)14(15,16)17/h6-8H,9,18H2,1-5H3. The highest BCUT2D eigenvalue weighted by molar-refractivity contribution is 6.74. The summed E-state index contributed by atoms with van der Waals surface area (Å²) in [5.74, 6) is 0.256. The molecule has 0 bridgehead atoms. The smallest absolute Gasteiger partial charge is 0.416 e. The molecule has 1 aromatic carbocycles. The van der Waals surface area contributed by atoms with Crippen molar-refractivity contribution < 1.29 is 17.6 Å². The highest BCUT2D eigenvalue weighted by atomic mass is 28.4. The summed E-state index contributed by atoms with van der Waals surface area (Å²) >= 11 is 0. The number of rotatable bonds is 3. The monoisotopic (exact) mass is 305 g/mol. The summed E-state index contributed by atoms with van der Waals surface area (Å²) in [5.41, 5.74) is 5.18. The molecule has 2 N–H and O–H groups in total. The van der Waals surface area contributed by atoms with Gasteiger partial charge in [0.1, 0.15) is 5.75 Å². The summed E-state index contributed by atoms with van der Waals surface area (Å²) in [5, 5.41) is -0.0793. The molecule has 6 heteroatoms. The second-order valence-corrected chi connectivity index (χ2v) is 11.2. The molecule has 0 unspecified atom stereocenters. The normalized spacial score (nSPS) is 13.4. The maximum Gasteiger partial charge on any atom is 0.416 e. The summed E-state index contributed by atoms with van der Waals surface area (Å²) in [6.45, 7) is 10.2. The second kappa shape index (κ2) is 5.41. The lowest BCUT2D eigenvalue weighted by Crippen LogP contribution is -2.43. The Morgan fingerprint density at radius 3 is 2.05 bits per heavy atom. The number of alkyl halides is 3. The third-order valence-corrected chi connectivity index (χ3v) is 8.07. The average Bonchev–Trinajstić information content (AvgIpc) is 2.25. The fourth-order valence-corrected chi connectivity index (χ4v) is 2.46. The molecule has 0 aliphatic rings. The molecule has 0 fully saturated rings. The zero-order chi connectivity index (χ0) is 15.8. The Morgan fingerprint density at radius 2 is 1.65 bits per heavy atom. The maximum atomic E-state index is 12.9. The van der Waals surface area contributed by atoms with E-state index in [4.69, 9.17) is 10.2 Å². The number of nitrogens with two attached hydrogens (primary N) is 1. The number of hydrogen-bond acceptors (Lipinski definition) is 2. The van der Waals surface area contributed by atoms with Crippen LogP contribution in [-0.4, -0.2) is 8.32 Å². The van der Waals surface area contributed by atoms with Crippen molar-refractivity contribution >= 4 is 8.32 Å². The molecular weight excluding hydrogens is 283 g/mol. The summed E-state index contributed by atoms with van der Waals surface area (Å²) in [7, 11) is -2.17. The molecule has 0 radical (unpaired) electrons. The molecule has 0 saturated heterocycles. The van der Waals surface area contributed by atoms with Crippen LogP contribution in [-0.2, 0) is 12.7 Å². The van der Waals surface area contributed by atoms with E-state index < -0.39 is 20.1 Å². The first-order valence-corrected chi connectivity index (χ1v) is 9.38. The molecule has 1 aromatic rings. The van der Waals surface area contributed by atoms with E-state index in [0.717, 1.165) is 12.1 Å². The highest BCUT2D eigenvalue weighted by Gasteiger charge is 2.39. The van der Waals surface area contributed by atoms with Crippen molar-refractivity contribution in [3.63, 3.8) is 0 Å². The third-order valence-electron chi connectivity index (χ3n) is 3.71. The van der Waals surface area contributed by atoms with Gasteiger partial charge >= 0.3 is 6.18 Å². The molecule has 0 aromatic heterocycles. The molecule has 2 nitrogen and oxygen atoms in total. The van der Waals surface area contributed by atoms with Crippen LogP contribution in [0.3, 0.4) is 0 Å². The molecule has 0 saturated carbocycles. The minimum absolute atomic E-state index is 0.0534. The zero-order valence-electron chi connectivity index (χ0n) is 12.6. The quantitative estimate of drug-likeness (QED) is 0.832. The highest BCUT2D eigenvalue weighted by Crippen LogP contribution is 2.39. The average molecular weight is 305 g/mol. The van der Waals surface area contributed by atoms with Crippen molar-refractivity contribution in [3.05, 3.63) is 29.3 Å². The maximum absolute atomic E-state index is 12.9. The molecule has 1 rings (SSSR count). The molecule has 0 spiro atoms. The van der Waals surface area contributed by atoms with E-state index in [-0.39, 0.29) is 17.3 Å². The molecule has 20 heavy (non-hydrogen) atoms. The lowest BCUT2D eigenvalue weighted by molar-refractivity contribution is -0.137. The fourth-order valence-electron chi connectivity index (χ4n) is 1.45. The Hall–Kier alpha value is -1.01. The van der Waals surface area contributed by atoms with Gasteiger partial charge in [0.2, 0.25) is 8.32 Å². The van der Waals surface area contributed by atoms with Gasteiger partial charge in [0, 0.05) is 6.54 Å². The molecule has 0 atom stereocenters. The van der Waals surface area contributed by atoms with Gasteiger partial charge in [-0.3, -0.25) is 0 Å². The Balaban J connectivity index is 3.20. The van der Waals surface area contributed by atoms with E-state index in [1.807, 2.05) is 33.9 Å². The molecule has 0 aliphatic carbocycles. The van der Waals surface area contributed by atoms with Gasteiger partial charge in [0.15, 0.2) is 0 Å². The van der Waals surface area contributed by atoms with Gasteiger partial charge in [-0.15, -0.1) is 0 Å². The lowest BCUT2D eigenvalue weighted by atomic mass is 10.1. The zero-order valence-corrected chi connectivity index (χ0v) is 13.6. The summed E-state index contributed by atoms with van der Waals surface area (Å²) in [4.78, 5) is 0.